The molecule has 0 saturated heterocycles. The van der Waals surface area contributed by atoms with Crippen molar-refractivity contribution in [2.75, 3.05) is 240 Å². The number of carbonyl (C=O) groups excluding carboxylic acids is 9. The molecule has 0 aromatic rings. The van der Waals surface area contributed by atoms with Gasteiger partial charge in [0.25, 0.3) is 0 Å². The van der Waals surface area contributed by atoms with Gasteiger partial charge in [-0.2, -0.15) is 0 Å². The first kappa shape index (κ1) is 148. The molecule has 0 saturated carbocycles. The molecule has 0 aromatic heterocycles. The standard InChI is InChI=1S/2C13H27NO2.C12H25NO3.3C12H25NO2.C11H23NO3.C11H23NO2.C10H21NO3/c1-6-14(7-2)10-8-12(15)16-11-9-13(3,4)5;1-6-14(7-2)10-11-16-12(15)8-9-13(3,4)5;1-6-13(7-2)9-8-10-15-11(14)16-12(3,4)5;1-6-13(5)9-7-11(14)15-10-8-12(2,3)4;2*1-6-13(5)9-10-15-11(14)7-8-12(2,3)4;1-6-12(5)8-7-9-14-10(13)15-11(2,3)4;1-11(2,3)7-9-14-10(13)6-8-12(4)5;1-10(2,3)14-9(12)13-8-6-7-11(4)5/h2*6-11H2,1-5H3;6-10H2,1-5H3;3*6-10H2,1-5H3;6-9H2,1-5H3;6-9H2,1-5H3;6-8H2,1-5H3. The van der Waals surface area contributed by atoms with E-state index < -0.39 is 35.3 Å². The summed E-state index contributed by atoms with van der Waals surface area (Å²) in [5.74, 6) is -0.468. The highest BCUT2D eigenvalue weighted by Crippen LogP contribution is 2.25. The predicted octanol–water partition coefficient (Wildman–Crippen LogP) is 21.1. The highest BCUT2D eigenvalue weighted by atomic mass is 16.7. The van der Waals surface area contributed by atoms with Crippen LogP contribution in [0.25, 0.3) is 0 Å². The minimum Gasteiger partial charge on any atom is -0.466 e. The molecule has 0 amide bonds. The van der Waals surface area contributed by atoms with Gasteiger partial charge < -0.3 is 101 Å². The van der Waals surface area contributed by atoms with Crippen molar-refractivity contribution in [2.45, 2.75) is 369 Å². The number of carbonyl (C=O) groups is 9. The number of likely N-dealkylation sites (N-methyl/N-ethyl adjacent to an activating group) is 3. The van der Waals surface area contributed by atoms with Gasteiger partial charge in [0.2, 0.25) is 0 Å². The van der Waals surface area contributed by atoms with Crippen molar-refractivity contribution in [3.8, 4) is 0 Å². The molecule has 0 aliphatic heterocycles. The molecule has 136 heavy (non-hydrogen) atoms. The highest BCUT2D eigenvalue weighted by molar-refractivity contribution is 5.71. The zero-order valence-corrected chi connectivity index (χ0v) is 97.0. The summed E-state index contributed by atoms with van der Waals surface area (Å²) in [4.78, 5) is 121. The Balaban J connectivity index is -0.000000191. The van der Waals surface area contributed by atoms with E-state index in [2.05, 4.69) is 228 Å². The molecule has 0 atom stereocenters. The zero-order valence-electron chi connectivity index (χ0n) is 97.0. The van der Waals surface area contributed by atoms with E-state index >= 15 is 0 Å². The molecular formula is C106H221N9O21. The topological polar surface area (TPSA) is 294 Å². The quantitative estimate of drug-likeness (QED) is 0.0310. The molecule has 30 heteroatoms. The fourth-order valence-corrected chi connectivity index (χ4v) is 9.60. The first-order chi connectivity index (χ1) is 62.2. The van der Waals surface area contributed by atoms with Crippen LogP contribution >= 0.6 is 0 Å². The molecular weight excluding hydrogens is 1740 g/mol. The smallest absolute Gasteiger partial charge is 0.466 e. The lowest BCUT2D eigenvalue weighted by Gasteiger charge is -2.20. The van der Waals surface area contributed by atoms with Crippen LogP contribution in [0.3, 0.4) is 0 Å². The molecule has 0 fully saturated rings. The Hall–Kier alpha value is -5.73. The summed E-state index contributed by atoms with van der Waals surface area (Å²) in [6.07, 6.45) is 9.24. The SMILES string of the molecule is CCN(C)CCC(=O)OCCC(C)(C)C.CCN(C)CCCOC(=O)OC(C)(C)C.CCN(C)CCOC(=O)CCC(C)(C)C.CCN(C)CCOC(=O)CCC(C)(C)C.CCN(CC)CCC(=O)OCCC(C)(C)C.CCN(CC)CCCOC(=O)OC(C)(C)C.CCN(CC)CCOC(=O)CCC(C)(C)C.CN(C)CCC(=O)OCCC(C)(C)C.CN(C)CCCOC(=O)OC(C)(C)C. The van der Waals surface area contributed by atoms with Gasteiger partial charge in [-0.1, -0.05) is 194 Å². The first-order valence-electron chi connectivity index (χ1n) is 50.9. The van der Waals surface area contributed by atoms with E-state index in [0.717, 1.165) is 182 Å². The third-order valence-electron chi connectivity index (χ3n) is 19.5. The Morgan fingerprint density at radius 1 is 0.191 bits per heavy atom. The Morgan fingerprint density at radius 2 is 0.397 bits per heavy atom. The van der Waals surface area contributed by atoms with E-state index in [0.29, 0.717) is 98.0 Å². The maximum atomic E-state index is 11.4. The summed E-state index contributed by atoms with van der Waals surface area (Å²) in [6, 6.07) is 0. The third kappa shape index (κ3) is 139. The van der Waals surface area contributed by atoms with Gasteiger partial charge in [-0.15, -0.1) is 0 Å². The first-order valence-corrected chi connectivity index (χ1v) is 50.9. The molecule has 0 rings (SSSR count). The monoisotopic (exact) mass is 1960 g/mol. The van der Waals surface area contributed by atoms with Crippen molar-refractivity contribution < 1.29 is 100.0 Å². The largest absolute Gasteiger partial charge is 0.508 e. The second-order valence-electron chi connectivity index (χ2n) is 45.0. The maximum Gasteiger partial charge on any atom is 0.508 e. The Morgan fingerprint density at radius 3 is 0.647 bits per heavy atom. The van der Waals surface area contributed by atoms with Crippen molar-refractivity contribution in [1.82, 2.24) is 44.1 Å². The van der Waals surface area contributed by atoms with E-state index in [-0.39, 0.29) is 68.3 Å². The van der Waals surface area contributed by atoms with Crippen LogP contribution in [0.5, 0.6) is 0 Å². The molecule has 0 bridgehead atoms. The summed E-state index contributed by atoms with van der Waals surface area (Å²) in [7, 11) is 15.9. The second kappa shape index (κ2) is 86.0. The van der Waals surface area contributed by atoms with Crippen LogP contribution in [-0.2, 0) is 85.6 Å². The van der Waals surface area contributed by atoms with Crippen molar-refractivity contribution in [1.29, 1.82) is 0 Å². The van der Waals surface area contributed by atoms with Crippen LogP contribution in [0.1, 0.15) is 352 Å². The van der Waals surface area contributed by atoms with Gasteiger partial charge in [0.05, 0.1) is 58.9 Å². The van der Waals surface area contributed by atoms with Crippen LogP contribution in [0, 0.1) is 32.5 Å². The maximum absolute atomic E-state index is 11.4. The molecule has 0 N–H and O–H groups in total. The van der Waals surface area contributed by atoms with Crippen molar-refractivity contribution in [2.24, 2.45) is 32.5 Å². The summed E-state index contributed by atoms with van der Waals surface area (Å²) in [5.41, 5.74) is -0.0935. The predicted molar refractivity (Wildman–Crippen MR) is 561 cm³/mol. The number of hydrogen-bond donors (Lipinski definition) is 0. The van der Waals surface area contributed by atoms with Crippen LogP contribution < -0.4 is 0 Å². The summed E-state index contributed by atoms with van der Waals surface area (Å²) >= 11 is 0. The van der Waals surface area contributed by atoms with Gasteiger partial charge in [-0.05, 0) is 274 Å². The van der Waals surface area contributed by atoms with Gasteiger partial charge in [0, 0.05) is 78.2 Å². The molecule has 816 valence electrons. The second-order valence-corrected chi connectivity index (χ2v) is 45.0. The molecule has 0 aliphatic carbocycles. The highest BCUT2D eigenvalue weighted by Gasteiger charge is 2.23. The number of hydrogen-bond acceptors (Lipinski definition) is 30. The lowest BCUT2D eigenvalue weighted by molar-refractivity contribution is -0.145. The minimum atomic E-state index is -0.587. The van der Waals surface area contributed by atoms with Crippen LogP contribution in [-0.4, -0.2) is 355 Å². The minimum absolute atomic E-state index is 0.0675. The normalized spacial score (nSPS) is 11.8. The Labute approximate surface area is 836 Å². The van der Waals surface area contributed by atoms with Gasteiger partial charge >= 0.3 is 54.3 Å². The molecule has 30 nitrogen and oxygen atoms in total. The lowest BCUT2D eigenvalue weighted by Crippen LogP contribution is -2.28. The average Bonchev–Trinajstić information content (AvgIpc) is 0.928. The van der Waals surface area contributed by atoms with Crippen LogP contribution in [0.15, 0.2) is 0 Å². The van der Waals surface area contributed by atoms with E-state index in [1.807, 2.05) is 128 Å². The molecule has 0 aliphatic rings. The molecule has 0 spiro atoms. The van der Waals surface area contributed by atoms with Gasteiger partial charge in [0.1, 0.15) is 36.6 Å². The van der Waals surface area contributed by atoms with Crippen molar-refractivity contribution >= 4 is 54.3 Å². The third-order valence-corrected chi connectivity index (χ3v) is 19.5. The average molecular weight is 1960 g/mol. The van der Waals surface area contributed by atoms with Crippen LogP contribution in [0.4, 0.5) is 14.4 Å². The molecule has 0 heterocycles. The summed E-state index contributed by atoms with van der Waals surface area (Å²) < 4.78 is 60.7. The van der Waals surface area contributed by atoms with Crippen molar-refractivity contribution in [3.63, 3.8) is 0 Å². The summed E-state index contributed by atoms with van der Waals surface area (Å²) in [6.45, 7) is 97.9. The van der Waals surface area contributed by atoms with Gasteiger partial charge in [0.15, 0.2) is 0 Å². The number of nitrogens with zero attached hydrogens (tertiary/aromatic N) is 9. The Kier molecular flexibility index (Phi) is 93.6. The molecule has 0 unspecified atom stereocenters. The van der Waals surface area contributed by atoms with E-state index in [9.17, 15) is 43.2 Å². The summed E-state index contributed by atoms with van der Waals surface area (Å²) in [5, 5.41) is 0. The van der Waals surface area contributed by atoms with E-state index in [1.165, 1.54) is 0 Å². The number of esters is 6. The van der Waals surface area contributed by atoms with E-state index in [1.54, 1.807) is 0 Å². The Bertz CT molecular complexity index is 2830. The number of ether oxygens (including phenoxy) is 12. The zero-order chi connectivity index (χ0) is 108. The fourth-order valence-electron chi connectivity index (χ4n) is 9.60. The van der Waals surface area contributed by atoms with Crippen LogP contribution in [0.2, 0.25) is 0 Å². The van der Waals surface area contributed by atoms with Crippen molar-refractivity contribution in [3.05, 3.63) is 0 Å². The lowest BCUT2D eigenvalue weighted by atomic mass is 9.91. The van der Waals surface area contributed by atoms with Gasteiger partial charge in [-0.25, -0.2) is 14.4 Å². The number of rotatable bonds is 52. The van der Waals surface area contributed by atoms with Gasteiger partial charge in [-0.3, -0.25) is 28.8 Å². The molecule has 0 aromatic carbocycles. The fraction of sp³-hybridized carbons (Fsp3) is 0.915. The van der Waals surface area contributed by atoms with E-state index in [4.69, 9.17) is 56.8 Å². The molecule has 0 radical (unpaired) electrons.